The lowest BCUT2D eigenvalue weighted by Gasteiger charge is -2.28. The van der Waals surface area contributed by atoms with Crippen molar-refractivity contribution in [3.63, 3.8) is 0 Å². The maximum atomic E-state index is 12.4. The van der Waals surface area contributed by atoms with E-state index in [1.54, 1.807) is 0 Å². The Balaban J connectivity index is 1.91. The highest BCUT2D eigenvalue weighted by molar-refractivity contribution is 5.86. The zero-order valence-electron chi connectivity index (χ0n) is 12.1. The van der Waals surface area contributed by atoms with Gasteiger partial charge in [-0.2, -0.15) is 0 Å². The molecule has 0 aromatic heterocycles. The van der Waals surface area contributed by atoms with Gasteiger partial charge in [-0.3, -0.25) is 4.79 Å². The van der Waals surface area contributed by atoms with Gasteiger partial charge in [0.2, 0.25) is 5.91 Å². The second-order valence-corrected chi connectivity index (χ2v) is 5.50. The minimum atomic E-state index is -0.653. The van der Waals surface area contributed by atoms with Gasteiger partial charge in [-0.25, -0.2) is 0 Å². The van der Waals surface area contributed by atoms with Gasteiger partial charge in [-0.1, -0.05) is 43.7 Å². The summed E-state index contributed by atoms with van der Waals surface area (Å²) in [6, 6.07) is 9.42. The van der Waals surface area contributed by atoms with Crippen LogP contribution in [0, 0.1) is 0 Å². The van der Waals surface area contributed by atoms with Crippen molar-refractivity contribution in [2.24, 2.45) is 0 Å². The second kappa shape index (κ2) is 6.86. The summed E-state index contributed by atoms with van der Waals surface area (Å²) in [7, 11) is 0. The summed E-state index contributed by atoms with van der Waals surface area (Å²) in [5, 5.41) is 16.3. The van der Waals surface area contributed by atoms with Crippen molar-refractivity contribution in [1.82, 2.24) is 10.6 Å². The summed E-state index contributed by atoms with van der Waals surface area (Å²) >= 11 is 0. The van der Waals surface area contributed by atoms with Crippen LogP contribution in [-0.4, -0.2) is 29.6 Å². The molecule has 1 fully saturated rings. The van der Waals surface area contributed by atoms with Crippen LogP contribution in [0.15, 0.2) is 30.3 Å². The number of aliphatic hydroxyl groups excluding tert-OH is 1. The topological polar surface area (TPSA) is 61.4 Å². The van der Waals surface area contributed by atoms with Gasteiger partial charge in [0.05, 0.1) is 11.6 Å². The number of hydrogen-bond acceptors (Lipinski definition) is 3. The molecular weight excluding hydrogens is 252 g/mol. The standard InChI is InChI=1S/C16H24N2O2/c1-2-9-16(10-6-11-18-16)15(20)17-12-14(19)13-7-4-3-5-8-13/h3-5,7-8,14,18-19H,2,6,9-12H2,1H3,(H,17,20). The maximum Gasteiger partial charge on any atom is 0.240 e. The zero-order valence-corrected chi connectivity index (χ0v) is 12.1. The van der Waals surface area contributed by atoms with Crippen LogP contribution in [0.1, 0.15) is 44.3 Å². The summed E-state index contributed by atoms with van der Waals surface area (Å²) in [6.07, 6.45) is 3.09. The number of carbonyl (C=O) groups is 1. The molecule has 1 aromatic carbocycles. The Morgan fingerprint density at radius 3 is 2.80 bits per heavy atom. The van der Waals surface area contributed by atoms with Gasteiger partial charge in [0.15, 0.2) is 0 Å². The molecule has 1 heterocycles. The lowest BCUT2D eigenvalue weighted by atomic mass is 9.90. The van der Waals surface area contributed by atoms with Gasteiger partial charge < -0.3 is 15.7 Å². The number of benzene rings is 1. The maximum absolute atomic E-state index is 12.4. The summed E-state index contributed by atoms with van der Waals surface area (Å²) in [6.45, 7) is 3.25. The molecule has 2 unspecified atom stereocenters. The quantitative estimate of drug-likeness (QED) is 0.742. The molecule has 20 heavy (non-hydrogen) atoms. The summed E-state index contributed by atoms with van der Waals surface area (Å²) in [5.41, 5.74) is 0.405. The third kappa shape index (κ3) is 3.38. The number of rotatable bonds is 6. The predicted molar refractivity (Wildman–Crippen MR) is 79.3 cm³/mol. The monoisotopic (exact) mass is 276 g/mol. The number of carbonyl (C=O) groups excluding carboxylic acids is 1. The fourth-order valence-corrected chi connectivity index (χ4v) is 2.91. The van der Waals surface area contributed by atoms with Gasteiger partial charge in [0.25, 0.3) is 0 Å². The Morgan fingerprint density at radius 2 is 2.20 bits per heavy atom. The molecule has 110 valence electrons. The van der Waals surface area contributed by atoms with E-state index in [1.807, 2.05) is 30.3 Å². The molecule has 0 saturated carbocycles. The molecule has 1 amide bonds. The van der Waals surface area contributed by atoms with Gasteiger partial charge in [0, 0.05) is 6.54 Å². The molecule has 1 aromatic rings. The molecule has 4 heteroatoms. The molecule has 3 N–H and O–H groups in total. The molecule has 2 atom stereocenters. The van der Waals surface area contributed by atoms with Crippen LogP contribution in [0.5, 0.6) is 0 Å². The Bertz CT molecular complexity index is 427. The molecular formula is C16H24N2O2. The summed E-state index contributed by atoms with van der Waals surface area (Å²) < 4.78 is 0. The minimum Gasteiger partial charge on any atom is -0.387 e. The number of hydrogen-bond donors (Lipinski definition) is 3. The Kier molecular flexibility index (Phi) is 5.15. The Morgan fingerprint density at radius 1 is 1.45 bits per heavy atom. The average molecular weight is 276 g/mol. The van der Waals surface area contributed by atoms with Crippen molar-refractivity contribution in [3.05, 3.63) is 35.9 Å². The highest BCUT2D eigenvalue weighted by atomic mass is 16.3. The van der Waals surface area contributed by atoms with Crippen LogP contribution in [0.3, 0.4) is 0 Å². The van der Waals surface area contributed by atoms with Crippen molar-refractivity contribution >= 4 is 5.91 Å². The predicted octanol–water partition coefficient (Wildman–Crippen LogP) is 1.76. The SMILES string of the molecule is CCCC1(C(=O)NCC(O)c2ccccc2)CCCN1. The smallest absolute Gasteiger partial charge is 0.240 e. The minimum absolute atomic E-state index is 0.0202. The zero-order chi connectivity index (χ0) is 14.4. The highest BCUT2D eigenvalue weighted by Gasteiger charge is 2.39. The van der Waals surface area contributed by atoms with Gasteiger partial charge >= 0.3 is 0 Å². The lowest BCUT2D eigenvalue weighted by molar-refractivity contribution is -0.127. The van der Waals surface area contributed by atoms with E-state index in [1.165, 1.54) is 0 Å². The first-order valence-electron chi connectivity index (χ1n) is 7.44. The van der Waals surface area contributed by atoms with E-state index in [0.717, 1.165) is 37.8 Å². The molecule has 0 spiro atoms. The van der Waals surface area contributed by atoms with Crippen molar-refractivity contribution in [3.8, 4) is 0 Å². The van der Waals surface area contributed by atoms with Crippen LogP contribution in [-0.2, 0) is 4.79 Å². The van der Waals surface area contributed by atoms with Crippen LogP contribution in [0.2, 0.25) is 0 Å². The molecule has 1 aliphatic rings. The number of nitrogens with one attached hydrogen (secondary N) is 2. The molecule has 2 rings (SSSR count). The lowest BCUT2D eigenvalue weighted by Crippen LogP contribution is -2.54. The van der Waals surface area contributed by atoms with E-state index >= 15 is 0 Å². The molecule has 1 saturated heterocycles. The second-order valence-electron chi connectivity index (χ2n) is 5.50. The first-order valence-corrected chi connectivity index (χ1v) is 7.44. The molecule has 0 bridgehead atoms. The van der Waals surface area contributed by atoms with E-state index in [2.05, 4.69) is 17.6 Å². The fourth-order valence-electron chi connectivity index (χ4n) is 2.91. The molecule has 0 radical (unpaired) electrons. The van der Waals surface area contributed by atoms with Crippen molar-refractivity contribution in [1.29, 1.82) is 0 Å². The van der Waals surface area contributed by atoms with E-state index in [0.29, 0.717) is 0 Å². The first-order chi connectivity index (χ1) is 9.68. The van der Waals surface area contributed by atoms with Crippen molar-refractivity contribution in [2.45, 2.75) is 44.2 Å². The number of aliphatic hydroxyl groups is 1. The van der Waals surface area contributed by atoms with Crippen LogP contribution in [0.4, 0.5) is 0 Å². The fraction of sp³-hybridized carbons (Fsp3) is 0.562. The summed E-state index contributed by atoms with van der Waals surface area (Å²) in [5.74, 6) is 0.0202. The largest absolute Gasteiger partial charge is 0.387 e. The highest BCUT2D eigenvalue weighted by Crippen LogP contribution is 2.25. The average Bonchev–Trinajstić information content (AvgIpc) is 2.95. The first kappa shape index (κ1) is 15.0. The Hall–Kier alpha value is -1.39. The van der Waals surface area contributed by atoms with E-state index in [9.17, 15) is 9.90 Å². The van der Waals surface area contributed by atoms with E-state index < -0.39 is 11.6 Å². The van der Waals surface area contributed by atoms with E-state index in [4.69, 9.17) is 0 Å². The van der Waals surface area contributed by atoms with Crippen LogP contribution < -0.4 is 10.6 Å². The van der Waals surface area contributed by atoms with E-state index in [-0.39, 0.29) is 12.5 Å². The molecule has 1 aliphatic heterocycles. The normalized spacial score (nSPS) is 23.5. The van der Waals surface area contributed by atoms with Crippen molar-refractivity contribution < 1.29 is 9.90 Å². The van der Waals surface area contributed by atoms with Crippen molar-refractivity contribution in [2.75, 3.05) is 13.1 Å². The van der Waals surface area contributed by atoms with Crippen LogP contribution >= 0.6 is 0 Å². The van der Waals surface area contributed by atoms with Gasteiger partial charge in [0.1, 0.15) is 0 Å². The van der Waals surface area contributed by atoms with Gasteiger partial charge in [-0.05, 0) is 31.4 Å². The number of amides is 1. The molecule has 0 aliphatic carbocycles. The van der Waals surface area contributed by atoms with Crippen LogP contribution in [0.25, 0.3) is 0 Å². The third-order valence-electron chi connectivity index (χ3n) is 4.00. The summed E-state index contributed by atoms with van der Waals surface area (Å²) in [4.78, 5) is 12.4. The van der Waals surface area contributed by atoms with Gasteiger partial charge in [-0.15, -0.1) is 0 Å². The Labute approximate surface area is 120 Å². The molecule has 4 nitrogen and oxygen atoms in total. The third-order valence-corrected chi connectivity index (χ3v) is 4.00.